The van der Waals surface area contributed by atoms with Gasteiger partial charge in [-0.05, 0) is 5.41 Å². The molecule has 6 nitrogen and oxygen atoms in total. The first-order valence-corrected chi connectivity index (χ1v) is 6.12. The molecular weight excluding hydrogens is 232 g/mol. The zero-order chi connectivity index (χ0) is 14.3. The van der Waals surface area contributed by atoms with Crippen LogP contribution in [0.1, 0.15) is 27.2 Å². The molecule has 0 aromatic heterocycles. The molecule has 6 heteroatoms. The smallest absolute Gasteiger partial charge is 0.316 e. The summed E-state index contributed by atoms with van der Waals surface area (Å²) >= 11 is 0. The van der Waals surface area contributed by atoms with E-state index in [4.69, 9.17) is 5.73 Å². The van der Waals surface area contributed by atoms with E-state index in [0.29, 0.717) is 19.5 Å². The van der Waals surface area contributed by atoms with Crippen molar-refractivity contribution in [2.75, 3.05) is 27.2 Å². The molecular formula is C12H26N4O2. The Morgan fingerprint density at radius 3 is 2.11 bits per heavy atom. The average molecular weight is 258 g/mol. The molecule has 18 heavy (non-hydrogen) atoms. The number of nitrogens with zero attached hydrogens (tertiary/aromatic N) is 1. The summed E-state index contributed by atoms with van der Waals surface area (Å²) in [5.41, 5.74) is 5.82. The fraction of sp³-hybridized carbons (Fsp3) is 0.833. The van der Waals surface area contributed by atoms with Crippen LogP contribution in [-0.2, 0) is 4.79 Å². The van der Waals surface area contributed by atoms with Gasteiger partial charge < -0.3 is 21.3 Å². The number of nitrogens with two attached hydrogens (primary N) is 1. The monoisotopic (exact) mass is 258 g/mol. The SMILES string of the molecule is CN(C)C(=O)NCCNC(=O)CC(N)C(C)(C)C. The van der Waals surface area contributed by atoms with Crippen LogP contribution in [0.5, 0.6) is 0 Å². The van der Waals surface area contributed by atoms with Crippen LogP contribution in [0.2, 0.25) is 0 Å². The molecule has 0 rings (SSSR count). The molecule has 0 fully saturated rings. The normalized spacial score (nSPS) is 12.8. The lowest BCUT2D eigenvalue weighted by Crippen LogP contribution is -2.43. The van der Waals surface area contributed by atoms with Gasteiger partial charge in [-0.25, -0.2) is 4.79 Å². The van der Waals surface area contributed by atoms with Gasteiger partial charge in [-0.3, -0.25) is 4.79 Å². The first kappa shape index (κ1) is 16.7. The summed E-state index contributed by atoms with van der Waals surface area (Å²) in [5, 5.41) is 5.39. The van der Waals surface area contributed by atoms with Gasteiger partial charge in [0.05, 0.1) is 0 Å². The molecule has 106 valence electrons. The topological polar surface area (TPSA) is 87.5 Å². The maximum Gasteiger partial charge on any atom is 0.316 e. The minimum atomic E-state index is -0.172. The molecule has 4 N–H and O–H groups in total. The highest BCUT2D eigenvalue weighted by Crippen LogP contribution is 2.19. The van der Waals surface area contributed by atoms with Crippen LogP contribution in [0.3, 0.4) is 0 Å². The van der Waals surface area contributed by atoms with Crippen LogP contribution in [-0.4, -0.2) is 50.1 Å². The van der Waals surface area contributed by atoms with E-state index in [1.54, 1.807) is 14.1 Å². The molecule has 0 spiro atoms. The number of nitrogens with one attached hydrogen (secondary N) is 2. The van der Waals surface area contributed by atoms with E-state index in [-0.39, 0.29) is 23.4 Å². The maximum atomic E-state index is 11.6. The first-order chi connectivity index (χ1) is 8.14. The highest BCUT2D eigenvalue weighted by Gasteiger charge is 2.22. The lowest BCUT2D eigenvalue weighted by molar-refractivity contribution is -0.121. The molecule has 0 aromatic carbocycles. The van der Waals surface area contributed by atoms with Crippen molar-refractivity contribution < 1.29 is 9.59 Å². The average Bonchev–Trinajstić information content (AvgIpc) is 2.22. The number of hydrogen-bond donors (Lipinski definition) is 3. The summed E-state index contributed by atoms with van der Waals surface area (Å²) in [6.07, 6.45) is 0.297. The minimum Gasteiger partial charge on any atom is -0.354 e. The quantitative estimate of drug-likeness (QED) is 0.613. The number of amides is 3. The number of hydrogen-bond acceptors (Lipinski definition) is 3. The van der Waals surface area contributed by atoms with E-state index in [1.807, 2.05) is 20.8 Å². The molecule has 3 amide bonds. The van der Waals surface area contributed by atoms with Gasteiger partial charge in [-0.1, -0.05) is 20.8 Å². The fourth-order valence-corrected chi connectivity index (χ4v) is 1.11. The second-order valence-corrected chi connectivity index (χ2v) is 5.65. The third kappa shape index (κ3) is 7.11. The standard InChI is InChI=1S/C12H26N4O2/c1-12(2,3)9(13)8-10(17)14-6-7-15-11(18)16(4)5/h9H,6-8,13H2,1-5H3,(H,14,17)(H,15,18). The van der Waals surface area contributed by atoms with Gasteiger partial charge in [-0.15, -0.1) is 0 Å². The molecule has 0 aliphatic rings. The molecule has 0 saturated heterocycles. The third-order valence-electron chi connectivity index (χ3n) is 2.65. The van der Waals surface area contributed by atoms with Gasteiger partial charge in [0, 0.05) is 39.6 Å². The molecule has 1 atom stereocenters. The van der Waals surface area contributed by atoms with Gasteiger partial charge >= 0.3 is 6.03 Å². The summed E-state index contributed by atoms with van der Waals surface area (Å²) in [5.74, 6) is -0.0865. The Morgan fingerprint density at radius 2 is 1.67 bits per heavy atom. The lowest BCUT2D eigenvalue weighted by atomic mass is 9.85. The summed E-state index contributed by atoms with van der Waals surface area (Å²) in [4.78, 5) is 24.2. The number of carbonyl (C=O) groups excluding carboxylic acids is 2. The zero-order valence-electron chi connectivity index (χ0n) is 12.0. The van der Waals surface area contributed by atoms with Crippen molar-refractivity contribution in [3.8, 4) is 0 Å². The molecule has 0 aliphatic carbocycles. The second kappa shape index (κ2) is 7.20. The molecule has 0 aliphatic heterocycles. The summed E-state index contributed by atoms with van der Waals surface area (Å²) in [6, 6.07) is -0.343. The minimum absolute atomic E-state index is 0.0865. The Labute approximate surface area is 109 Å². The van der Waals surface area contributed by atoms with E-state index >= 15 is 0 Å². The van der Waals surface area contributed by atoms with E-state index in [9.17, 15) is 9.59 Å². The van der Waals surface area contributed by atoms with Gasteiger partial charge in [0.1, 0.15) is 0 Å². The van der Waals surface area contributed by atoms with Crippen LogP contribution in [0.4, 0.5) is 4.79 Å². The Kier molecular flexibility index (Phi) is 6.68. The molecule has 0 aromatic rings. The van der Waals surface area contributed by atoms with Crippen molar-refractivity contribution in [1.82, 2.24) is 15.5 Å². The summed E-state index contributed by atoms with van der Waals surface area (Å²) < 4.78 is 0. The lowest BCUT2D eigenvalue weighted by Gasteiger charge is -2.26. The fourth-order valence-electron chi connectivity index (χ4n) is 1.11. The molecule has 0 heterocycles. The van der Waals surface area contributed by atoms with Crippen molar-refractivity contribution in [2.24, 2.45) is 11.1 Å². The van der Waals surface area contributed by atoms with E-state index in [2.05, 4.69) is 10.6 Å². The van der Waals surface area contributed by atoms with E-state index < -0.39 is 0 Å². The van der Waals surface area contributed by atoms with Crippen LogP contribution < -0.4 is 16.4 Å². The zero-order valence-corrected chi connectivity index (χ0v) is 12.0. The van der Waals surface area contributed by atoms with Crippen LogP contribution in [0.15, 0.2) is 0 Å². The van der Waals surface area contributed by atoms with Crippen molar-refractivity contribution in [2.45, 2.75) is 33.2 Å². The first-order valence-electron chi connectivity index (χ1n) is 6.12. The van der Waals surface area contributed by atoms with E-state index in [0.717, 1.165) is 0 Å². The Hall–Kier alpha value is -1.30. The highest BCUT2D eigenvalue weighted by molar-refractivity contribution is 5.77. The van der Waals surface area contributed by atoms with Gasteiger partial charge in [0.2, 0.25) is 5.91 Å². The van der Waals surface area contributed by atoms with Crippen LogP contribution >= 0.6 is 0 Å². The second-order valence-electron chi connectivity index (χ2n) is 5.65. The predicted octanol–water partition coefficient (Wildman–Crippen LogP) is 0.137. The Bertz CT molecular complexity index is 284. The maximum absolute atomic E-state index is 11.6. The van der Waals surface area contributed by atoms with Gasteiger partial charge in [-0.2, -0.15) is 0 Å². The predicted molar refractivity (Wildman–Crippen MR) is 72.1 cm³/mol. The molecule has 1 unspecified atom stereocenters. The van der Waals surface area contributed by atoms with Crippen molar-refractivity contribution in [3.05, 3.63) is 0 Å². The summed E-state index contributed by atoms with van der Waals surface area (Å²) in [7, 11) is 3.33. The van der Waals surface area contributed by atoms with Crippen LogP contribution in [0.25, 0.3) is 0 Å². The van der Waals surface area contributed by atoms with Crippen molar-refractivity contribution in [1.29, 1.82) is 0 Å². The third-order valence-corrected chi connectivity index (χ3v) is 2.65. The van der Waals surface area contributed by atoms with E-state index in [1.165, 1.54) is 4.90 Å². The molecule has 0 radical (unpaired) electrons. The van der Waals surface area contributed by atoms with Crippen molar-refractivity contribution in [3.63, 3.8) is 0 Å². The summed E-state index contributed by atoms with van der Waals surface area (Å²) in [6.45, 7) is 6.83. The Balaban J connectivity index is 3.76. The number of rotatable bonds is 5. The Morgan fingerprint density at radius 1 is 1.17 bits per heavy atom. The highest BCUT2D eigenvalue weighted by atomic mass is 16.2. The molecule has 0 bridgehead atoms. The van der Waals surface area contributed by atoms with Crippen LogP contribution in [0, 0.1) is 5.41 Å². The number of carbonyl (C=O) groups is 2. The largest absolute Gasteiger partial charge is 0.354 e. The number of urea groups is 1. The van der Waals surface area contributed by atoms with Crippen molar-refractivity contribution >= 4 is 11.9 Å². The van der Waals surface area contributed by atoms with Gasteiger partial charge in [0.25, 0.3) is 0 Å². The van der Waals surface area contributed by atoms with Gasteiger partial charge in [0.15, 0.2) is 0 Å². The molecule has 0 saturated carbocycles.